The van der Waals surface area contributed by atoms with E-state index in [9.17, 15) is 9.90 Å². The maximum absolute atomic E-state index is 12.0. The van der Waals surface area contributed by atoms with Gasteiger partial charge >= 0.3 is 5.97 Å². The monoisotopic (exact) mass is 278 g/mol. The van der Waals surface area contributed by atoms with Gasteiger partial charge in [-0.25, -0.2) is 4.79 Å². The van der Waals surface area contributed by atoms with Crippen molar-refractivity contribution in [1.82, 2.24) is 10.2 Å². The van der Waals surface area contributed by atoms with Crippen molar-refractivity contribution < 1.29 is 14.6 Å². The lowest BCUT2D eigenvalue weighted by Gasteiger charge is -2.37. The van der Waals surface area contributed by atoms with Gasteiger partial charge in [0, 0.05) is 19.6 Å². The van der Waals surface area contributed by atoms with Crippen LogP contribution in [0.4, 0.5) is 0 Å². The Kier molecular flexibility index (Phi) is 5.11. The van der Waals surface area contributed by atoms with Crippen molar-refractivity contribution in [3.05, 3.63) is 35.9 Å². The van der Waals surface area contributed by atoms with Crippen LogP contribution in [-0.2, 0) is 15.1 Å². The molecule has 1 aromatic rings. The van der Waals surface area contributed by atoms with Gasteiger partial charge in [0.1, 0.15) is 0 Å². The number of rotatable bonds is 6. The maximum atomic E-state index is 12.0. The molecule has 2 rings (SSSR count). The van der Waals surface area contributed by atoms with Gasteiger partial charge < -0.3 is 9.84 Å². The van der Waals surface area contributed by atoms with Crippen molar-refractivity contribution in [2.75, 3.05) is 39.4 Å². The van der Waals surface area contributed by atoms with Crippen molar-refractivity contribution in [1.29, 1.82) is 0 Å². The number of carbonyl (C=O) groups is 1. The molecule has 0 spiro atoms. The number of likely N-dealkylation sites (N-methyl/N-ethyl adjacent to an activating group) is 1. The van der Waals surface area contributed by atoms with Crippen molar-refractivity contribution >= 4 is 5.97 Å². The molecule has 0 bridgehead atoms. The Hall–Kier alpha value is -1.43. The van der Waals surface area contributed by atoms with Gasteiger partial charge in [0.15, 0.2) is 5.54 Å². The highest BCUT2D eigenvalue weighted by molar-refractivity contribution is 5.81. The normalized spacial score (nSPS) is 19.4. The molecule has 1 heterocycles. The standard InChI is InChI=1S/C15H22N2O3/c1-2-16-15(14(18)19,13-6-4-3-5-7-13)12-17-8-10-20-11-9-17/h3-7,16H,2,8-12H2,1H3,(H,18,19). The fourth-order valence-corrected chi connectivity index (χ4v) is 2.64. The number of ether oxygens (including phenoxy) is 1. The number of carboxylic acids is 1. The maximum Gasteiger partial charge on any atom is 0.329 e. The number of nitrogens with zero attached hydrogens (tertiary/aromatic N) is 1. The zero-order valence-corrected chi connectivity index (χ0v) is 11.8. The molecule has 0 aromatic heterocycles. The summed E-state index contributed by atoms with van der Waals surface area (Å²) in [5.41, 5.74) is -0.270. The van der Waals surface area contributed by atoms with Crippen LogP contribution in [-0.4, -0.2) is 55.4 Å². The lowest BCUT2D eigenvalue weighted by Crippen LogP contribution is -2.57. The van der Waals surface area contributed by atoms with Crippen LogP contribution in [0.1, 0.15) is 12.5 Å². The lowest BCUT2D eigenvalue weighted by molar-refractivity contribution is -0.147. The van der Waals surface area contributed by atoms with Crippen molar-refractivity contribution in [3.63, 3.8) is 0 Å². The fraction of sp³-hybridized carbons (Fsp3) is 0.533. The summed E-state index contributed by atoms with van der Waals surface area (Å²) in [4.78, 5) is 14.1. The summed E-state index contributed by atoms with van der Waals surface area (Å²) in [5, 5.41) is 13.0. The van der Waals surface area contributed by atoms with E-state index in [0.29, 0.717) is 26.3 Å². The first kappa shape index (κ1) is 15.0. The van der Waals surface area contributed by atoms with Crippen LogP contribution in [0, 0.1) is 0 Å². The topological polar surface area (TPSA) is 61.8 Å². The highest BCUT2D eigenvalue weighted by Crippen LogP contribution is 2.23. The minimum Gasteiger partial charge on any atom is -0.480 e. The fourth-order valence-electron chi connectivity index (χ4n) is 2.64. The predicted octanol–water partition coefficient (Wildman–Crippen LogP) is 0.908. The minimum atomic E-state index is -1.06. The summed E-state index contributed by atoms with van der Waals surface area (Å²) in [6.07, 6.45) is 0. The number of hydrogen-bond donors (Lipinski definition) is 2. The molecule has 1 aliphatic rings. The van der Waals surface area contributed by atoms with E-state index in [2.05, 4.69) is 10.2 Å². The number of nitrogens with one attached hydrogen (secondary N) is 1. The smallest absolute Gasteiger partial charge is 0.329 e. The number of morpholine rings is 1. The molecule has 1 fully saturated rings. The predicted molar refractivity (Wildman–Crippen MR) is 76.7 cm³/mol. The molecule has 1 saturated heterocycles. The van der Waals surface area contributed by atoms with Crippen LogP contribution < -0.4 is 5.32 Å². The summed E-state index contributed by atoms with van der Waals surface area (Å²) in [5.74, 6) is -0.836. The van der Waals surface area contributed by atoms with E-state index in [1.807, 2.05) is 37.3 Å². The number of hydrogen-bond acceptors (Lipinski definition) is 4. The van der Waals surface area contributed by atoms with E-state index in [0.717, 1.165) is 18.7 Å². The Bertz CT molecular complexity index is 432. The zero-order chi connectivity index (χ0) is 14.4. The van der Waals surface area contributed by atoms with Gasteiger partial charge in [-0.15, -0.1) is 0 Å². The second-order valence-electron chi connectivity index (χ2n) is 5.00. The Balaban J connectivity index is 2.29. The molecule has 1 aromatic carbocycles. The zero-order valence-electron chi connectivity index (χ0n) is 11.8. The molecule has 5 heteroatoms. The molecule has 0 saturated carbocycles. The molecule has 20 heavy (non-hydrogen) atoms. The average molecular weight is 278 g/mol. The van der Waals surface area contributed by atoms with Crippen LogP contribution in [0.5, 0.6) is 0 Å². The number of carboxylic acid groups (broad SMARTS) is 1. The third-order valence-electron chi connectivity index (χ3n) is 3.67. The molecule has 0 radical (unpaired) electrons. The molecule has 1 unspecified atom stereocenters. The van der Waals surface area contributed by atoms with Gasteiger partial charge in [0.2, 0.25) is 0 Å². The van der Waals surface area contributed by atoms with Crippen molar-refractivity contribution in [2.24, 2.45) is 0 Å². The molecule has 110 valence electrons. The molecule has 0 aliphatic carbocycles. The molecule has 0 amide bonds. The molecular weight excluding hydrogens is 256 g/mol. The van der Waals surface area contributed by atoms with Gasteiger partial charge in [-0.1, -0.05) is 37.3 Å². The third kappa shape index (κ3) is 3.17. The van der Waals surface area contributed by atoms with Gasteiger partial charge in [-0.2, -0.15) is 0 Å². The Morgan fingerprint density at radius 2 is 2.00 bits per heavy atom. The number of aliphatic carboxylic acids is 1. The van der Waals surface area contributed by atoms with Gasteiger partial charge in [-0.3, -0.25) is 10.2 Å². The molecule has 1 atom stereocenters. The SMILES string of the molecule is CCNC(CN1CCOCC1)(C(=O)O)c1ccccc1. The highest BCUT2D eigenvalue weighted by Gasteiger charge is 2.41. The van der Waals surface area contributed by atoms with Crippen LogP contribution in [0.3, 0.4) is 0 Å². The van der Waals surface area contributed by atoms with E-state index >= 15 is 0 Å². The summed E-state index contributed by atoms with van der Waals surface area (Å²) in [7, 11) is 0. The van der Waals surface area contributed by atoms with Crippen LogP contribution in [0.2, 0.25) is 0 Å². The quantitative estimate of drug-likeness (QED) is 0.810. The molecule has 2 N–H and O–H groups in total. The first-order valence-electron chi connectivity index (χ1n) is 7.03. The van der Waals surface area contributed by atoms with Gasteiger partial charge in [-0.05, 0) is 12.1 Å². The van der Waals surface area contributed by atoms with E-state index in [4.69, 9.17) is 4.74 Å². The minimum absolute atomic E-state index is 0.448. The van der Waals surface area contributed by atoms with E-state index < -0.39 is 11.5 Å². The summed E-state index contributed by atoms with van der Waals surface area (Å²) >= 11 is 0. The average Bonchev–Trinajstić information content (AvgIpc) is 2.48. The van der Waals surface area contributed by atoms with E-state index in [1.165, 1.54) is 0 Å². The van der Waals surface area contributed by atoms with Crippen LogP contribution in [0.25, 0.3) is 0 Å². The summed E-state index contributed by atoms with van der Waals surface area (Å²) in [6.45, 7) is 5.85. The van der Waals surface area contributed by atoms with E-state index in [1.54, 1.807) is 0 Å². The first-order valence-corrected chi connectivity index (χ1v) is 7.03. The Morgan fingerprint density at radius 1 is 1.35 bits per heavy atom. The number of benzene rings is 1. The first-order chi connectivity index (χ1) is 9.69. The second kappa shape index (κ2) is 6.83. The summed E-state index contributed by atoms with van der Waals surface area (Å²) in [6, 6.07) is 9.40. The lowest BCUT2D eigenvalue weighted by atomic mass is 9.89. The molecule has 1 aliphatic heterocycles. The summed E-state index contributed by atoms with van der Waals surface area (Å²) < 4.78 is 5.33. The third-order valence-corrected chi connectivity index (χ3v) is 3.67. The van der Waals surface area contributed by atoms with Crippen molar-refractivity contribution in [2.45, 2.75) is 12.5 Å². The second-order valence-corrected chi connectivity index (χ2v) is 5.00. The Morgan fingerprint density at radius 3 is 2.55 bits per heavy atom. The van der Waals surface area contributed by atoms with Crippen molar-refractivity contribution in [3.8, 4) is 0 Å². The van der Waals surface area contributed by atoms with Gasteiger partial charge in [0.25, 0.3) is 0 Å². The Labute approximate surface area is 119 Å². The molecule has 5 nitrogen and oxygen atoms in total. The molecular formula is C15H22N2O3. The van der Waals surface area contributed by atoms with E-state index in [-0.39, 0.29) is 0 Å². The van der Waals surface area contributed by atoms with Gasteiger partial charge in [0.05, 0.1) is 13.2 Å². The van der Waals surface area contributed by atoms with Crippen LogP contribution >= 0.6 is 0 Å². The van der Waals surface area contributed by atoms with Crippen LogP contribution in [0.15, 0.2) is 30.3 Å². The highest BCUT2D eigenvalue weighted by atomic mass is 16.5. The largest absolute Gasteiger partial charge is 0.480 e.